The number of benzene rings is 2. The molecule has 2 aromatic rings. The first-order valence-electron chi connectivity index (χ1n) is 12.5. The Morgan fingerprint density at radius 1 is 1.03 bits per heavy atom. The van der Waals surface area contributed by atoms with Crippen molar-refractivity contribution >= 4 is 29.5 Å². The fraction of sp³-hybridized carbons (Fsp3) is 0.393. The number of aliphatic carboxylic acids is 1. The fourth-order valence-electron chi connectivity index (χ4n) is 3.94. The number of carboxylic acids is 1. The molecule has 0 spiro atoms. The number of nitrogens with zero attached hydrogens (tertiary/aromatic N) is 1. The van der Waals surface area contributed by atoms with Crippen molar-refractivity contribution in [3.63, 3.8) is 0 Å². The maximum absolute atomic E-state index is 13.5. The van der Waals surface area contributed by atoms with Gasteiger partial charge in [0, 0.05) is 6.42 Å². The Hall–Kier alpha value is -4.41. The molecular formula is C28H33N3O8. The lowest BCUT2D eigenvalue weighted by Crippen LogP contribution is -2.56. The molecule has 2 unspecified atom stereocenters. The minimum Gasteiger partial charge on any atom is -0.489 e. The van der Waals surface area contributed by atoms with Crippen molar-refractivity contribution in [3.8, 4) is 5.75 Å². The molecule has 0 saturated heterocycles. The fourth-order valence-corrected chi connectivity index (χ4v) is 3.94. The molecule has 0 radical (unpaired) electrons. The van der Waals surface area contributed by atoms with Crippen molar-refractivity contribution in [1.29, 1.82) is 0 Å². The van der Waals surface area contributed by atoms with Gasteiger partial charge in [-0.3, -0.25) is 14.4 Å². The summed E-state index contributed by atoms with van der Waals surface area (Å²) in [6.45, 7) is 4.72. The quantitative estimate of drug-likeness (QED) is 0.351. The van der Waals surface area contributed by atoms with Crippen LogP contribution in [0.3, 0.4) is 0 Å². The summed E-state index contributed by atoms with van der Waals surface area (Å²) in [6, 6.07) is 16.0. The van der Waals surface area contributed by atoms with Gasteiger partial charge in [0.15, 0.2) is 5.78 Å². The molecule has 0 aromatic heterocycles. The highest BCUT2D eigenvalue weighted by Crippen LogP contribution is 2.29. The first-order valence-corrected chi connectivity index (χ1v) is 12.5. The number of amides is 2. The van der Waals surface area contributed by atoms with E-state index in [-0.39, 0.29) is 25.6 Å². The molecular weight excluding hydrogens is 506 g/mol. The van der Waals surface area contributed by atoms with E-state index in [1.165, 1.54) is 6.92 Å². The lowest BCUT2D eigenvalue weighted by atomic mass is 9.89. The van der Waals surface area contributed by atoms with E-state index >= 15 is 0 Å². The van der Waals surface area contributed by atoms with Gasteiger partial charge in [-0.05, 0) is 30.5 Å². The second-order valence-corrected chi connectivity index (χ2v) is 9.61. The van der Waals surface area contributed by atoms with Crippen molar-refractivity contribution in [2.45, 2.75) is 57.9 Å². The SMILES string of the molecule is CC(=O)[C@H](CC(=O)O)NC(=O)C1(COc2ccccc2)CC(C(NC(=O)OCc2ccccc2)C(C)C)=NO1. The van der Waals surface area contributed by atoms with Crippen molar-refractivity contribution in [1.82, 2.24) is 10.6 Å². The number of ketones is 1. The number of rotatable bonds is 13. The number of alkyl carbamates (subject to hydrolysis) is 1. The number of carbonyl (C=O) groups excluding carboxylic acids is 3. The number of oxime groups is 1. The molecule has 0 fully saturated rings. The lowest BCUT2D eigenvalue weighted by Gasteiger charge is -2.28. The molecule has 3 rings (SSSR count). The molecule has 3 atom stereocenters. The third-order valence-corrected chi connectivity index (χ3v) is 6.12. The van der Waals surface area contributed by atoms with Crippen LogP contribution in [0.1, 0.15) is 39.2 Å². The molecule has 1 aliphatic rings. The van der Waals surface area contributed by atoms with Gasteiger partial charge in [0.05, 0.1) is 24.2 Å². The summed E-state index contributed by atoms with van der Waals surface area (Å²) in [4.78, 5) is 55.0. The van der Waals surface area contributed by atoms with Crippen LogP contribution in [-0.4, -0.2) is 58.9 Å². The molecule has 2 aromatic carbocycles. The van der Waals surface area contributed by atoms with Gasteiger partial charge in [0.1, 0.15) is 19.0 Å². The van der Waals surface area contributed by atoms with Gasteiger partial charge in [0.2, 0.25) is 0 Å². The van der Waals surface area contributed by atoms with E-state index in [2.05, 4.69) is 15.8 Å². The van der Waals surface area contributed by atoms with Crippen molar-refractivity contribution in [2.75, 3.05) is 6.61 Å². The van der Waals surface area contributed by atoms with Crippen LogP contribution in [0.25, 0.3) is 0 Å². The number of Topliss-reactive ketones (excluding diaryl/α,β-unsaturated/α-hetero) is 1. The molecule has 1 heterocycles. The highest BCUT2D eigenvalue weighted by molar-refractivity contribution is 6.01. The van der Waals surface area contributed by atoms with Crippen molar-refractivity contribution < 1.29 is 38.6 Å². The Kier molecular flexibility index (Phi) is 10.0. The average molecular weight is 540 g/mol. The van der Waals surface area contributed by atoms with E-state index in [4.69, 9.17) is 19.4 Å². The van der Waals surface area contributed by atoms with E-state index in [0.717, 1.165) is 5.56 Å². The van der Waals surface area contributed by atoms with Gasteiger partial charge in [-0.2, -0.15) is 0 Å². The number of nitrogens with one attached hydrogen (secondary N) is 2. The van der Waals surface area contributed by atoms with Crippen LogP contribution in [0, 0.1) is 5.92 Å². The predicted molar refractivity (Wildman–Crippen MR) is 141 cm³/mol. The third kappa shape index (κ3) is 8.29. The van der Waals surface area contributed by atoms with Crippen molar-refractivity contribution in [3.05, 3.63) is 66.2 Å². The normalized spacial score (nSPS) is 17.8. The standard InChI is InChI=1S/C28H33N3O8/c1-18(2)25(30-27(36)37-16-20-10-6-4-7-11-20)23-15-28(39-31-23,17-38-21-12-8-5-9-13-21)26(35)29-22(19(3)32)14-24(33)34/h4-13,18,22,25H,14-17H2,1-3H3,(H,29,35)(H,30,36)(H,33,34)/t22-,25?,28?/m0/s1. The highest BCUT2D eigenvalue weighted by atomic mass is 16.7. The summed E-state index contributed by atoms with van der Waals surface area (Å²) >= 11 is 0. The maximum Gasteiger partial charge on any atom is 0.408 e. The Labute approximate surface area is 226 Å². The van der Waals surface area contributed by atoms with Crippen LogP contribution >= 0.6 is 0 Å². The average Bonchev–Trinajstić information content (AvgIpc) is 3.35. The summed E-state index contributed by atoms with van der Waals surface area (Å²) in [5, 5.41) is 18.6. The molecule has 0 bridgehead atoms. The van der Waals surface area contributed by atoms with Crippen LogP contribution in [0.4, 0.5) is 4.79 Å². The first-order chi connectivity index (χ1) is 18.6. The number of para-hydroxylation sites is 1. The minimum absolute atomic E-state index is 0.0771. The summed E-state index contributed by atoms with van der Waals surface area (Å²) in [5.41, 5.74) is -0.517. The van der Waals surface area contributed by atoms with Crippen LogP contribution in [0.15, 0.2) is 65.8 Å². The van der Waals surface area contributed by atoms with Crippen molar-refractivity contribution in [2.24, 2.45) is 11.1 Å². The molecule has 11 heteroatoms. The molecule has 208 valence electrons. The molecule has 11 nitrogen and oxygen atoms in total. The molecule has 3 N–H and O–H groups in total. The second kappa shape index (κ2) is 13.4. The van der Waals surface area contributed by atoms with E-state index in [9.17, 15) is 19.2 Å². The summed E-state index contributed by atoms with van der Waals surface area (Å²) < 4.78 is 11.2. The zero-order chi connectivity index (χ0) is 28.4. The van der Waals surface area contributed by atoms with E-state index < -0.39 is 47.9 Å². The van der Waals surface area contributed by atoms with Crippen LogP contribution in [0.5, 0.6) is 5.75 Å². The van der Waals surface area contributed by atoms with E-state index in [1.807, 2.05) is 50.2 Å². The largest absolute Gasteiger partial charge is 0.489 e. The monoisotopic (exact) mass is 539 g/mol. The Bertz CT molecular complexity index is 1190. The Morgan fingerprint density at radius 2 is 1.67 bits per heavy atom. The highest BCUT2D eigenvalue weighted by Gasteiger charge is 2.50. The topological polar surface area (TPSA) is 153 Å². The molecule has 39 heavy (non-hydrogen) atoms. The van der Waals surface area contributed by atoms with Crippen LogP contribution < -0.4 is 15.4 Å². The number of carbonyl (C=O) groups is 4. The number of hydrogen-bond donors (Lipinski definition) is 3. The minimum atomic E-state index is -1.71. The third-order valence-electron chi connectivity index (χ3n) is 6.12. The van der Waals surface area contributed by atoms with Gasteiger partial charge < -0.3 is 30.1 Å². The zero-order valence-corrected chi connectivity index (χ0v) is 22.1. The summed E-state index contributed by atoms with van der Waals surface area (Å²) in [7, 11) is 0. The predicted octanol–water partition coefficient (Wildman–Crippen LogP) is 3.08. The molecule has 0 aliphatic carbocycles. The van der Waals surface area contributed by atoms with Gasteiger partial charge in [-0.1, -0.05) is 67.5 Å². The van der Waals surface area contributed by atoms with Crippen LogP contribution in [0.2, 0.25) is 0 Å². The number of ether oxygens (including phenoxy) is 2. The second-order valence-electron chi connectivity index (χ2n) is 9.61. The molecule has 0 saturated carbocycles. The summed E-state index contributed by atoms with van der Waals surface area (Å²) in [6.07, 6.45) is -1.33. The van der Waals surface area contributed by atoms with Gasteiger partial charge in [0.25, 0.3) is 11.5 Å². The Balaban J connectivity index is 1.75. The van der Waals surface area contributed by atoms with Gasteiger partial charge in [-0.25, -0.2) is 4.79 Å². The van der Waals surface area contributed by atoms with Crippen LogP contribution in [-0.2, 0) is 30.6 Å². The smallest absolute Gasteiger partial charge is 0.408 e. The number of carboxylic acid groups (broad SMARTS) is 1. The van der Waals surface area contributed by atoms with E-state index in [1.54, 1.807) is 24.3 Å². The van der Waals surface area contributed by atoms with E-state index in [0.29, 0.717) is 11.5 Å². The molecule has 2 amide bonds. The zero-order valence-electron chi connectivity index (χ0n) is 22.1. The Morgan fingerprint density at radius 3 is 2.26 bits per heavy atom. The summed E-state index contributed by atoms with van der Waals surface area (Å²) in [5.74, 6) is -2.20. The maximum atomic E-state index is 13.5. The number of hydrogen-bond acceptors (Lipinski definition) is 8. The first kappa shape index (κ1) is 29.2. The molecule has 1 aliphatic heterocycles. The van der Waals surface area contributed by atoms with Gasteiger partial charge >= 0.3 is 12.1 Å². The lowest BCUT2D eigenvalue weighted by molar-refractivity contribution is -0.150. The van der Waals surface area contributed by atoms with Gasteiger partial charge in [-0.15, -0.1) is 0 Å².